The lowest BCUT2D eigenvalue weighted by Gasteiger charge is -2.30. The van der Waals surface area contributed by atoms with Gasteiger partial charge in [-0.25, -0.2) is 0 Å². The van der Waals surface area contributed by atoms with Crippen molar-refractivity contribution in [2.45, 2.75) is 32.1 Å². The second kappa shape index (κ2) is 4.71. The van der Waals surface area contributed by atoms with Gasteiger partial charge in [0, 0.05) is 24.7 Å². The summed E-state index contributed by atoms with van der Waals surface area (Å²) in [4.78, 5) is 14.2. The molecule has 4 heteroatoms. The summed E-state index contributed by atoms with van der Waals surface area (Å²) in [5.41, 5.74) is 9.01. The van der Waals surface area contributed by atoms with Gasteiger partial charge in [0.15, 0.2) is 0 Å². The van der Waals surface area contributed by atoms with Gasteiger partial charge in [-0.15, -0.1) is 0 Å². The summed E-state index contributed by atoms with van der Waals surface area (Å²) in [5, 5.41) is 0. The Labute approximate surface area is 107 Å². The second-order valence-corrected chi connectivity index (χ2v) is 5.13. The van der Waals surface area contributed by atoms with Crippen LogP contribution in [0, 0.1) is 0 Å². The Hall–Kier alpha value is -1.39. The van der Waals surface area contributed by atoms with Crippen molar-refractivity contribution in [3.63, 3.8) is 0 Å². The minimum atomic E-state index is 0.0971. The van der Waals surface area contributed by atoms with E-state index in [-0.39, 0.29) is 11.9 Å². The molecule has 4 nitrogen and oxygen atoms in total. The van der Waals surface area contributed by atoms with E-state index in [1.54, 1.807) is 0 Å². The molecule has 2 aliphatic heterocycles. The van der Waals surface area contributed by atoms with Crippen LogP contribution in [0.1, 0.15) is 34.3 Å². The minimum absolute atomic E-state index is 0.0971. The van der Waals surface area contributed by atoms with Gasteiger partial charge in [0.05, 0.1) is 13.2 Å². The first-order chi connectivity index (χ1) is 8.74. The van der Waals surface area contributed by atoms with Crippen LogP contribution in [0.3, 0.4) is 0 Å². The van der Waals surface area contributed by atoms with Crippen LogP contribution in [0.5, 0.6) is 0 Å². The number of amides is 1. The van der Waals surface area contributed by atoms with Crippen LogP contribution in [0.4, 0.5) is 0 Å². The molecule has 0 radical (unpaired) electrons. The Morgan fingerprint density at radius 2 is 2.17 bits per heavy atom. The van der Waals surface area contributed by atoms with Crippen LogP contribution in [0.25, 0.3) is 0 Å². The molecule has 1 fully saturated rings. The number of ether oxygens (including phenoxy) is 1. The summed E-state index contributed by atoms with van der Waals surface area (Å²) in [6.07, 6.45) is 2.02. The van der Waals surface area contributed by atoms with Gasteiger partial charge < -0.3 is 15.4 Å². The Balaban J connectivity index is 1.79. The lowest BCUT2D eigenvalue weighted by molar-refractivity contribution is 0.0708. The van der Waals surface area contributed by atoms with Crippen LogP contribution in [0.15, 0.2) is 18.2 Å². The fraction of sp³-hybridized carbons (Fsp3) is 0.500. The molecule has 2 N–H and O–H groups in total. The van der Waals surface area contributed by atoms with Crippen molar-refractivity contribution in [2.24, 2.45) is 5.73 Å². The molecule has 0 unspecified atom stereocenters. The van der Waals surface area contributed by atoms with E-state index in [9.17, 15) is 4.79 Å². The van der Waals surface area contributed by atoms with E-state index in [4.69, 9.17) is 10.5 Å². The fourth-order valence-electron chi connectivity index (χ4n) is 2.68. The van der Waals surface area contributed by atoms with E-state index in [2.05, 4.69) is 0 Å². The SMILES string of the molecule is N[C@@H]1CCCN(C(=O)c2ccc3c(c2)COC3)C1. The maximum atomic E-state index is 12.4. The molecule has 1 saturated heterocycles. The van der Waals surface area contributed by atoms with Gasteiger partial charge in [-0.05, 0) is 36.1 Å². The number of hydrogen-bond donors (Lipinski definition) is 1. The number of piperidine rings is 1. The maximum absolute atomic E-state index is 12.4. The molecular weight excluding hydrogens is 228 g/mol. The molecule has 2 heterocycles. The van der Waals surface area contributed by atoms with Gasteiger partial charge in [-0.1, -0.05) is 6.07 Å². The van der Waals surface area contributed by atoms with Gasteiger partial charge in [0.25, 0.3) is 5.91 Å². The third kappa shape index (κ3) is 2.13. The van der Waals surface area contributed by atoms with E-state index in [0.29, 0.717) is 19.8 Å². The molecule has 0 bridgehead atoms. The van der Waals surface area contributed by atoms with Crippen LogP contribution in [-0.2, 0) is 18.0 Å². The van der Waals surface area contributed by atoms with Crippen molar-refractivity contribution in [2.75, 3.05) is 13.1 Å². The molecule has 1 aromatic rings. The van der Waals surface area contributed by atoms with E-state index in [1.807, 2.05) is 23.1 Å². The van der Waals surface area contributed by atoms with Gasteiger partial charge >= 0.3 is 0 Å². The molecule has 18 heavy (non-hydrogen) atoms. The van der Waals surface area contributed by atoms with E-state index < -0.39 is 0 Å². The summed E-state index contributed by atoms with van der Waals surface area (Å²) in [6.45, 7) is 2.78. The number of carbonyl (C=O) groups is 1. The summed E-state index contributed by atoms with van der Waals surface area (Å²) >= 11 is 0. The highest BCUT2D eigenvalue weighted by atomic mass is 16.5. The topological polar surface area (TPSA) is 55.6 Å². The van der Waals surface area contributed by atoms with Gasteiger partial charge in [0.2, 0.25) is 0 Å². The van der Waals surface area contributed by atoms with Crippen molar-refractivity contribution >= 4 is 5.91 Å². The van der Waals surface area contributed by atoms with Crippen LogP contribution < -0.4 is 5.73 Å². The van der Waals surface area contributed by atoms with E-state index in [1.165, 1.54) is 5.56 Å². The number of benzene rings is 1. The molecule has 1 atom stereocenters. The Kier molecular flexibility index (Phi) is 3.06. The molecule has 3 rings (SSSR count). The van der Waals surface area contributed by atoms with Gasteiger partial charge in [0.1, 0.15) is 0 Å². The molecular formula is C14H18N2O2. The monoisotopic (exact) mass is 246 g/mol. The average molecular weight is 246 g/mol. The number of carbonyl (C=O) groups excluding carboxylic acids is 1. The zero-order chi connectivity index (χ0) is 12.5. The predicted molar refractivity (Wildman–Crippen MR) is 68.0 cm³/mol. The fourth-order valence-corrected chi connectivity index (χ4v) is 2.68. The van der Waals surface area contributed by atoms with Gasteiger partial charge in [-0.2, -0.15) is 0 Å². The number of likely N-dealkylation sites (tertiary alicyclic amines) is 1. The quantitative estimate of drug-likeness (QED) is 0.812. The largest absolute Gasteiger partial charge is 0.372 e. The maximum Gasteiger partial charge on any atom is 0.253 e. The number of fused-ring (bicyclic) bond motifs is 1. The van der Waals surface area contributed by atoms with E-state index in [0.717, 1.165) is 30.5 Å². The van der Waals surface area contributed by atoms with Crippen LogP contribution >= 0.6 is 0 Å². The molecule has 0 spiro atoms. The smallest absolute Gasteiger partial charge is 0.253 e. The molecule has 1 amide bonds. The van der Waals surface area contributed by atoms with Crippen LogP contribution in [-0.4, -0.2) is 29.9 Å². The molecule has 1 aromatic carbocycles. The zero-order valence-corrected chi connectivity index (χ0v) is 10.4. The molecule has 2 aliphatic rings. The normalized spacial score (nSPS) is 22.9. The van der Waals surface area contributed by atoms with Gasteiger partial charge in [-0.3, -0.25) is 4.79 Å². The Bertz CT molecular complexity index is 473. The molecule has 96 valence electrons. The third-order valence-electron chi connectivity index (χ3n) is 3.71. The molecule has 0 saturated carbocycles. The first-order valence-electron chi connectivity index (χ1n) is 6.48. The standard InChI is InChI=1S/C14H18N2O2/c15-13-2-1-5-16(7-13)14(17)10-3-4-11-8-18-9-12(11)6-10/h3-4,6,13H,1-2,5,7-9,15H2/t13-/m1/s1. The summed E-state index contributed by atoms with van der Waals surface area (Å²) < 4.78 is 5.37. The first kappa shape index (κ1) is 11.7. The lowest BCUT2D eigenvalue weighted by Crippen LogP contribution is -2.45. The highest BCUT2D eigenvalue weighted by Gasteiger charge is 2.23. The predicted octanol–water partition coefficient (Wildman–Crippen LogP) is 1.28. The highest BCUT2D eigenvalue weighted by molar-refractivity contribution is 5.94. The van der Waals surface area contributed by atoms with Crippen molar-refractivity contribution in [3.05, 3.63) is 34.9 Å². The Morgan fingerprint density at radius 1 is 1.33 bits per heavy atom. The van der Waals surface area contributed by atoms with Crippen molar-refractivity contribution in [3.8, 4) is 0 Å². The number of nitrogens with two attached hydrogens (primary N) is 1. The first-order valence-corrected chi connectivity index (χ1v) is 6.48. The third-order valence-corrected chi connectivity index (χ3v) is 3.71. The van der Waals surface area contributed by atoms with E-state index >= 15 is 0 Å². The summed E-state index contributed by atoms with van der Waals surface area (Å²) in [5.74, 6) is 0.0971. The number of hydrogen-bond acceptors (Lipinski definition) is 3. The van der Waals surface area contributed by atoms with Crippen molar-refractivity contribution in [1.29, 1.82) is 0 Å². The molecule has 0 aromatic heterocycles. The van der Waals surface area contributed by atoms with Crippen molar-refractivity contribution < 1.29 is 9.53 Å². The molecule has 0 aliphatic carbocycles. The number of rotatable bonds is 1. The lowest BCUT2D eigenvalue weighted by atomic mass is 10.0. The summed E-state index contributed by atoms with van der Waals surface area (Å²) in [7, 11) is 0. The van der Waals surface area contributed by atoms with Crippen LogP contribution in [0.2, 0.25) is 0 Å². The average Bonchev–Trinajstić information content (AvgIpc) is 2.85. The van der Waals surface area contributed by atoms with Crippen molar-refractivity contribution in [1.82, 2.24) is 4.90 Å². The minimum Gasteiger partial charge on any atom is -0.372 e. The Morgan fingerprint density at radius 3 is 3.00 bits per heavy atom. The zero-order valence-electron chi connectivity index (χ0n) is 10.4. The highest BCUT2D eigenvalue weighted by Crippen LogP contribution is 2.22. The summed E-state index contributed by atoms with van der Waals surface area (Å²) in [6, 6.07) is 5.99. The second-order valence-electron chi connectivity index (χ2n) is 5.13. The number of nitrogens with zero attached hydrogens (tertiary/aromatic N) is 1.